The molecule has 0 N–H and O–H groups in total. The summed E-state index contributed by atoms with van der Waals surface area (Å²) in [5.74, 6) is 0. The Bertz CT molecular complexity index is 3540. The highest BCUT2D eigenvalue weighted by Gasteiger charge is 2.44. The van der Waals surface area contributed by atoms with Crippen molar-refractivity contribution in [2.75, 3.05) is 0 Å². The van der Waals surface area contributed by atoms with Gasteiger partial charge in [0.25, 0.3) is 0 Å². The minimum atomic E-state index is -2.80. The fraction of sp³-hybridized carbons (Fsp3) is 0.129. The van der Waals surface area contributed by atoms with Gasteiger partial charge in [-0.05, 0) is 121 Å². The molecule has 65 heavy (non-hydrogen) atoms. The highest BCUT2D eigenvalue weighted by molar-refractivity contribution is 7.19. The van der Waals surface area contributed by atoms with Gasteiger partial charge in [-0.25, -0.2) is 0 Å². The molecule has 12 rings (SSSR count). The van der Waals surface area contributed by atoms with Gasteiger partial charge in [0.2, 0.25) is 0 Å². The molecule has 0 radical (unpaired) electrons. The summed E-state index contributed by atoms with van der Waals surface area (Å²) in [7, 11) is -2.80. The topological polar surface area (TPSA) is 9.86 Å². The fourth-order valence-corrected chi connectivity index (χ4v) is 16.3. The van der Waals surface area contributed by atoms with Gasteiger partial charge in [0, 0.05) is 32.9 Å². The van der Waals surface area contributed by atoms with Crippen molar-refractivity contribution in [3.8, 4) is 22.5 Å². The number of para-hydroxylation sites is 3. The molecular weight excluding hydrogens is 801 g/mol. The molecule has 2 nitrogen and oxygen atoms in total. The molecule has 2 aromatic heterocycles. The molecule has 0 spiro atoms. The van der Waals surface area contributed by atoms with Crippen LogP contribution in [0.4, 0.5) is 0 Å². The smallest absolute Gasteiger partial charge is 0.179 e. The molecule has 314 valence electrons. The van der Waals surface area contributed by atoms with Crippen molar-refractivity contribution in [2.45, 2.75) is 51.4 Å². The Kier molecular flexibility index (Phi) is 9.05. The van der Waals surface area contributed by atoms with Gasteiger partial charge in [-0.2, -0.15) is 0 Å². The van der Waals surface area contributed by atoms with Gasteiger partial charge < -0.3 is 9.13 Å². The van der Waals surface area contributed by atoms with Crippen molar-refractivity contribution in [1.29, 1.82) is 0 Å². The van der Waals surface area contributed by atoms with E-state index in [2.05, 4.69) is 255 Å². The molecule has 1 aliphatic carbocycles. The standard InChI is InChI=1S/C62H52N2Si/c1-61(2)39-40-62(3,4)55-42-49(36-37-54(55)61)65(46-21-10-6-11-22-46,47-23-12-7-13-24-47)48-34-32-45(33-35-48)63-56-28-16-14-25-51(56)53-41-43(31-38-58(53)63)50-27-18-30-59-60(50)52-26-15-17-29-57(52)64(59)44-19-8-5-9-20-44/h5-38,41-42H,39-40H2,1-4H3. The highest BCUT2D eigenvalue weighted by atomic mass is 28.3. The number of hydrogen-bond donors (Lipinski definition) is 0. The molecule has 9 aromatic carbocycles. The SMILES string of the molecule is CC1(C)CCC(C)(C)c2cc([Si](c3ccccc3)(c3ccccc3)c3ccc(-n4c5ccccc5c5cc(-c6cccc7c6c6ccccc6n7-c6ccccc6)ccc54)cc3)ccc21. The van der Waals surface area contributed by atoms with E-state index >= 15 is 0 Å². The van der Waals surface area contributed by atoms with Crippen LogP contribution in [0.15, 0.2) is 218 Å². The first-order valence-corrected chi connectivity index (χ1v) is 25.2. The number of aromatic nitrogens is 2. The third-order valence-electron chi connectivity index (χ3n) is 15.0. The summed E-state index contributed by atoms with van der Waals surface area (Å²) in [6.45, 7) is 9.77. The number of benzene rings is 9. The van der Waals surface area contributed by atoms with E-state index in [1.54, 1.807) is 0 Å². The molecule has 0 aliphatic heterocycles. The lowest BCUT2D eigenvalue weighted by Crippen LogP contribution is -2.74. The van der Waals surface area contributed by atoms with Crippen molar-refractivity contribution in [1.82, 2.24) is 9.13 Å². The second kappa shape index (κ2) is 14.9. The molecule has 0 fully saturated rings. The van der Waals surface area contributed by atoms with Crippen LogP contribution in [0.25, 0.3) is 66.1 Å². The maximum Gasteiger partial charge on any atom is 0.179 e. The summed E-state index contributed by atoms with van der Waals surface area (Å²) in [4.78, 5) is 0. The number of rotatable bonds is 7. The van der Waals surface area contributed by atoms with E-state index in [4.69, 9.17) is 0 Å². The van der Waals surface area contributed by atoms with Gasteiger partial charge in [0.15, 0.2) is 8.07 Å². The predicted octanol–water partition coefficient (Wildman–Crippen LogP) is 13.3. The lowest BCUT2D eigenvalue weighted by molar-refractivity contribution is 0.332. The normalized spacial score (nSPS) is 14.6. The summed E-state index contributed by atoms with van der Waals surface area (Å²) < 4.78 is 4.88. The minimum Gasteiger partial charge on any atom is -0.309 e. The van der Waals surface area contributed by atoms with Crippen LogP contribution in [0.3, 0.4) is 0 Å². The van der Waals surface area contributed by atoms with Crippen LogP contribution >= 0.6 is 0 Å². The van der Waals surface area contributed by atoms with E-state index in [0.29, 0.717) is 0 Å². The zero-order valence-corrected chi connectivity index (χ0v) is 38.6. The van der Waals surface area contributed by atoms with Gasteiger partial charge >= 0.3 is 0 Å². The number of fused-ring (bicyclic) bond motifs is 7. The molecule has 0 saturated carbocycles. The summed E-state index contributed by atoms with van der Waals surface area (Å²) in [6.07, 6.45) is 2.39. The first-order chi connectivity index (χ1) is 31.7. The third-order valence-corrected chi connectivity index (χ3v) is 19.7. The summed E-state index contributed by atoms with van der Waals surface area (Å²) >= 11 is 0. The minimum absolute atomic E-state index is 0.0994. The van der Waals surface area contributed by atoms with Gasteiger partial charge in [-0.1, -0.05) is 191 Å². The fourth-order valence-electron chi connectivity index (χ4n) is 11.6. The molecule has 2 heterocycles. The Balaban J connectivity index is 1.04. The second-order valence-corrected chi connectivity index (χ2v) is 23.3. The number of nitrogens with zero attached hydrogens (tertiary/aromatic N) is 2. The van der Waals surface area contributed by atoms with Gasteiger partial charge in [-0.3, -0.25) is 0 Å². The average molecular weight is 853 g/mol. The lowest BCUT2D eigenvalue weighted by atomic mass is 9.63. The summed E-state index contributed by atoms with van der Waals surface area (Å²) in [6, 6.07) is 82.4. The van der Waals surface area contributed by atoms with Crippen LogP contribution in [-0.2, 0) is 10.8 Å². The highest BCUT2D eigenvalue weighted by Crippen LogP contribution is 2.46. The van der Waals surface area contributed by atoms with E-state index in [-0.39, 0.29) is 10.8 Å². The zero-order valence-electron chi connectivity index (χ0n) is 37.6. The van der Waals surface area contributed by atoms with Gasteiger partial charge in [0.05, 0.1) is 22.1 Å². The van der Waals surface area contributed by atoms with Crippen molar-refractivity contribution in [3.05, 3.63) is 230 Å². The number of hydrogen-bond acceptors (Lipinski definition) is 0. The first kappa shape index (κ1) is 39.4. The van der Waals surface area contributed by atoms with E-state index in [0.717, 1.165) is 5.69 Å². The summed E-state index contributed by atoms with van der Waals surface area (Å²) in [5.41, 5.74) is 12.9. The molecule has 11 aromatic rings. The third kappa shape index (κ3) is 6.06. The maximum atomic E-state index is 2.63. The Hall–Kier alpha value is -7.20. The van der Waals surface area contributed by atoms with E-state index in [1.807, 2.05) is 0 Å². The van der Waals surface area contributed by atoms with Crippen molar-refractivity contribution < 1.29 is 0 Å². The second-order valence-electron chi connectivity index (χ2n) is 19.5. The predicted molar refractivity (Wildman–Crippen MR) is 279 cm³/mol. The molecule has 0 saturated heterocycles. The average Bonchev–Trinajstić information content (AvgIpc) is 3.87. The Morgan fingerprint density at radius 2 is 0.846 bits per heavy atom. The van der Waals surface area contributed by atoms with E-state index in [9.17, 15) is 0 Å². The molecule has 0 atom stereocenters. The molecule has 0 bridgehead atoms. The van der Waals surface area contributed by atoms with Crippen LogP contribution in [-0.4, -0.2) is 17.2 Å². The van der Waals surface area contributed by atoms with Crippen LogP contribution < -0.4 is 20.7 Å². The van der Waals surface area contributed by atoms with Gasteiger partial charge in [0.1, 0.15) is 0 Å². The van der Waals surface area contributed by atoms with Crippen molar-refractivity contribution in [2.24, 2.45) is 0 Å². The van der Waals surface area contributed by atoms with Crippen LogP contribution in [0, 0.1) is 0 Å². The quantitative estimate of drug-likeness (QED) is 0.112. The van der Waals surface area contributed by atoms with Gasteiger partial charge in [-0.15, -0.1) is 0 Å². The molecular formula is C62H52N2Si. The molecule has 0 amide bonds. The first-order valence-electron chi connectivity index (χ1n) is 23.2. The van der Waals surface area contributed by atoms with Crippen LogP contribution in [0.2, 0.25) is 0 Å². The van der Waals surface area contributed by atoms with Crippen LogP contribution in [0.1, 0.15) is 51.7 Å². The Morgan fingerprint density at radius 1 is 0.354 bits per heavy atom. The molecule has 1 aliphatic rings. The van der Waals surface area contributed by atoms with Crippen molar-refractivity contribution >= 4 is 72.4 Å². The molecule has 3 heteroatoms. The van der Waals surface area contributed by atoms with Crippen molar-refractivity contribution in [3.63, 3.8) is 0 Å². The summed E-state index contributed by atoms with van der Waals surface area (Å²) in [5, 5.41) is 10.7. The Morgan fingerprint density at radius 3 is 1.52 bits per heavy atom. The maximum absolute atomic E-state index is 2.80. The van der Waals surface area contributed by atoms with Crippen LogP contribution in [0.5, 0.6) is 0 Å². The molecule has 0 unspecified atom stereocenters. The largest absolute Gasteiger partial charge is 0.309 e. The van der Waals surface area contributed by atoms with E-state index < -0.39 is 8.07 Å². The Labute approximate surface area is 383 Å². The lowest BCUT2D eigenvalue weighted by Gasteiger charge is -2.43. The zero-order chi connectivity index (χ0) is 43.9. The van der Waals surface area contributed by atoms with E-state index in [1.165, 1.54) is 105 Å². The monoisotopic (exact) mass is 852 g/mol.